The van der Waals surface area contributed by atoms with E-state index in [-0.39, 0.29) is 17.1 Å². The van der Waals surface area contributed by atoms with Gasteiger partial charge in [0.25, 0.3) is 0 Å². The molecule has 5 nitrogen and oxygen atoms in total. The minimum absolute atomic E-state index is 0.0583. The molecule has 0 unspecified atom stereocenters. The molecule has 0 N–H and O–H groups in total. The average molecular weight is 393 g/mol. The molecule has 0 bridgehead atoms. The third-order valence-corrected chi connectivity index (χ3v) is 7.60. The lowest BCUT2D eigenvalue weighted by atomic mass is 9.90. The Labute approximate surface area is 159 Å². The highest BCUT2D eigenvalue weighted by Gasteiger charge is 2.26. The summed E-state index contributed by atoms with van der Waals surface area (Å²) in [4.78, 5) is 18.5. The molecule has 7 heteroatoms. The van der Waals surface area contributed by atoms with Crippen molar-refractivity contribution in [2.45, 2.75) is 49.8 Å². The van der Waals surface area contributed by atoms with Crippen LogP contribution >= 0.6 is 11.3 Å². The molecule has 1 aromatic heterocycles. The highest BCUT2D eigenvalue weighted by Crippen LogP contribution is 2.37. The second-order valence-corrected chi connectivity index (χ2v) is 10.5. The number of hydrogen-bond donors (Lipinski definition) is 0. The fourth-order valence-corrected chi connectivity index (χ4v) is 5.17. The number of rotatable bonds is 6. The van der Waals surface area contributed by atoms with E-state index in [9.17, 15) is 13.2 Å². The first kappa shape index (κ1) is 19.2. The highest BCUT2D eigenvalue weighted by molar-refractivity contribution is 7.89. The van der Waals surface area contributed by atoms with Crippen LogP contribution in [0.25, 0.3) is 0 Å². The van der Waals surface area contributed by atoms with Crippen LogP contribution in [-0.2, 0) is 16.4 Å². The number of hydrogen-bond acceptors (Lipinski definition) is 5. The Bertz CT molecular complexity index is 911. The summed E-state index contributed by atoms with van der Waals surface area (Å²) in [5.41, 5.74) is 1.52. The summed E-state index contributed by atoms with van der Waals surface area (Å²) < 4.78 is 26.2. The van der Waals surface area contributed by atoms with E-state index in [0.29, 0.717) is 11.5 Å². The van der Waals surface area contributed by atoms with Crippen molar-refractivity contribution in [1.82, 2.24) is 9.29 Å². The molecule has 0 saturated heterocycles. The second-order valence-electron chi connectivity index (χ2n) is 6.98. The van der Waals surface area contributed by atoms with Crippen molar-refractivity contribution in [3.8, 4) is 0 Å². The van der Waals surface area contributed by atoms with Crippen molar-refractivity contribution >= 4 is 27.1 Å². The van der Waals surface area contributed by atoms with Crippen LogP contribution in [0.1, 0.15) is 57.4 Å². The smallest absolute Gasteiger partial charge is 0.242 e. The van der Waals surface area contributed by atoms with Gasteiger partial charge in [-0.05, 0) is 43.4 Å². The van der Waals surface area contributed by atoms with Crippen LogP contribution < -0.4 is 0 Å². The van der Waals surface area contributed by atoms with E-state index in [0.717, 1.165) is 41.1 Å². The van der Waals surface area contributed by atoms with Gasteiger partial charge in [-0.25, -0.2) is 17.7 Å². The molecule has 1 aromatic carbocycles. The number of carbonyl (C=O) groups is 1. The molecule has 3 rings (SSSR count). The molecular formula is C19H24N2O3S2. The molecule has 1 aliphatic rings. The predicted octanol–water partition coefficient (Wildman–Crippen LogP) is 3.78. The van der Waals surface area contributed by atoms with Crippen molar-refractivity contribution in [3.63, 3.8) is 0 Å². The molecular weight excluding hydrogens is 368 g/mol. The second kappa shape index (κ2) is 7.58. The topological polar surface area (TPSA) is 67.3 Å². The Morgan fingerprint density at radius 2 is 1.96 bits per heavy atom. The summed E-state index contributed by atoms with van der Waals surface area (Å²) >= 11 is 1.51. The van der Waals surface area contributed by atoms with Gasteiger partial charge >= 0.3 is 0 Å². The molecule has 2 aromatic rings. The minimum Gasteiger partial charge on any atom is -0.294 e. The zero-order valence-electron chi connectivity index (χ0n) is 15.4. The maximum atomic E-state index is 13.0. The summed E-state index contributed by atoms with van der Waals surface area (Å²) in [6, 6.07) is 5.03. The van der Waals surface area contributed by atoms with Gasteiger partial charge in [0.1, 0.15) is 5.01 Å². The Hall–Kier alpha value is -1.57. The number of aryl methyl sites for hydroxylation is 1. The first-order valence-corrected chi connectivity index (χ1v) is 11.1. The third kappa shape index (κ3) is 3.89. The van der Waals surface area contributed by atoms with Gasteiger partial charge < -0.3 is 0 Å². The molecule has 1 saturated carbocycles. The van der Waals surface area contributed by atoms with Gasteiger partial charge in [-0.15, -0.1) is 11.3 Å². The Morgan fingerprint density at radius 3 is 2.54 bits per heavy atom. The van der Waals surface area contributed by atoms with Gasteiger partial charge in [-0.1, -0.05) is 18.9 Å². The maximum Gasteiger partial charge on any atom is 0.242 e. The van der Waals surface area contributed by atoms with Gasteiger partial charge in [0, 0.05) is 30.7 Å². The van der Waals surface area contributed by atoms with Crippen molar-refractivity contribution in [2.75, 3.05) is 14.1 Å². The Morgan fingerprint density at radius 1 is 1.27 bits per heavy atom. The largest absolute Gasteiger partial charge is 0.294 e. The maximum absolute atomic E-state index is 13.0. The molecule has 0 aliphatic heterocycles. The van der Waals surface area contributed by atoms with Gasteiger partial charge in [0.2, 0.25) is 10.0 Å². The number of carbonyl (C=O) groups excluding carboxylic acids is 1. The Kier molecular flexibility index (Phi) is 5.60. The van der Waals surface area contributed by atoms with E-state index in [1.54, 1.807) is 18.3 Å². The summed E-state index contributed by atoms with van der Waals surface area (Å²) in [6.45, 7) is 1.96. The lowest BCUT2D eigenvalue weighted by Gasteiger charge is -2.17. The summed E-state index contributed by atoms with van der Waals surface area (Å²) in [6.07, 6.45) is 6.39. The number of benzene rings is 1. The number of aromatic nitrogens is 1. The predicted molar refractivity (Wildman–Crippen MR) is 103 cm³/mol. The molecule has 140 valence electrons. The van der Waals surface area contributed by atoms with Crippen LogP contribution in [0.4, 0.5) is 0 Å². The Balaban J connectivity index is 2.01. The number of thiazole rings is 1. The van der Waals surface area contributed by atoms with E-state index >= 15 is 0 Å². The fraction of sp³-hybridized carbons (Fsp3) is 0.474. The quantitative estimate of drug-likeness (QED) is 0.702. The van der Waals surface area contributed by atoms with Gasteiger partial charge in [-0.2, -0.15) is 0 Å². The number of sulfonamides is 1. The molecule has 1 aliphatic carbocycles. The molecule has 0 spiro atoms. The van der Waals surface area contributed by atoms with Crippen LogP contribution in [-0.4, -0.2) is 37.6 Å². The van der Waals surface area contributed by atoms with Crippen LogP contribution in [0.5, 0.6) is 0 Å². The van der Waals surface area contributed by atoms with Gasteiger partial charge in [0.05, 0.1) is 11.3 Å². The zero-order valence-corrected chi connectivity index (χ0v) is 17.0. The average Bonchev–Trinajstić information content (AvgIpc) is 3.26. The van der Waals surface area contributed by atoms with E-state index in [1.807, 2.05) is 13.0 Å². The standard InChI is InChI=1S/C19H24N2O3S2/c1-13-12-20-19(25-13)11-18(22)17-10-15(26(23,24)21(2)3)8-9-16(17)14-6-4-5-7-14/h8-10,12,14H,4-7,11H2,1-3H3. The van der Waals surface area contributed by atoms with Crippen LogP contribution in [0, 0.1) is 6.92 Å². The van der Waals surface area contributed by atoms with Crippen molar-refractivity contribution in [1.29, 1.82) is 0 Å². The van der Waals surface area contributed by atoms with Crippen molar-refractivity contribution < 1.29 is 13.2 Å². The monoisotopic (exact) mass is 392 g/mol. The molecule has 1 heterocycles. The molecule has 0 amide bonds. The lowest BCUT2D eigenvalue weighted by molar-refractivity contribution is 0.0991. The highest BCUT2D eigenvalue weighted by atomic mass is 32.2. The molecule has 26 heavy (non-hydrogen) atoms. The van der Waals surface area contributed by atoms with Crippen molar-refractivity contribution in [3.05, 3.63) is 45.4 Å². The van der Waals surface area contributed by atoms with E-state index in [1.165, 1.54) is 29.7 Å². The van der Waals surface area contributed by atoms with E-state index < -0.39 is 10.0 Å². The first-order chi connectivity index (χ1) is 12.3. The number of nitrogens with zero attached hydrogens (tertiary/aromatic N) is 2. The summed E-state index contributed by atoms with van der Waals surface area (Å²) in [5, 5.41) is 0.769. The number of Topliss-reactive ketones (excluding diaryl/α,β-unsaturated/α-hetero) is 1. The molecule has 1 fully saturated rings. The normalized spacial score (nSPS) is 15.7. The molecule has 0 atom stereocenters. The van der Waals surface area contributed by atoms with E-state index in [2.05, 4.69) is 4.98 Å². The zero-order chi connectivity index (χ0) is 18.9. The number of ketones is 1. The summed E-state index contributed by atoms with van der Waals surface area (Å²) in [5.74, 6) is 0.278. The summed E-state index contributed by atoms with van der Waals surface area (Å²) in [7, 11) is -0.574. The van der Waals surface area contributed by atoms with Gasteiger partial charge in [0.15, 0.2) is 5.78 Å². The third-order valence-electron chi connectivity index (χ3n) is 4.88. The van der Waals surface area contributed by atoms with E-state index in [4.69, 9.17) is 0 Å². The fourth-order valence-electron chi connectivity index (χ4n) is 3.46. The first-order valence-electron chi connectivity index (χ1n) is 8.80. The SMILES string of the molecule is Cc1cnc(CC(=O)c2cc(S(=O)(=O)N(C)C)ccc2C2CCCC2)s1. The lowest BCUT2D eigenvalue weighted by Crippen LogP contribution is -2.23. The molecule has 0 radical (unpaired) electrons. The van der Waals surface area contributed by atoms with Gasteiger partial charge in [-0.3, -0.25) is 4.79 Å². The van der Waals surface area contributed by atoms with Crippen LogP contribution in [0.2, 0.25) is 0 Å². The van der Waals surface area contributed by atoms with Crippen molar-refractivity contribution in [2.24, 2.45) is 0 Å². The van der Waals surface area contributed by atoms with Crippen LogP contribution in [0.15, 0.2) is 29.3 Å². The minimum atomic E-state index is -3.57. The van der Waals surface area contributed by atoms with Crippen LogP contribution in [0.3, 0.4) is 0 Å².